The molecule has 1 fully saturated rings. The maximum Gasteiger partial charge on any atom is 0.324 e. The Morgan fingerprint density at radius 1 is 1.62 bits per heavy atom. The molecule has 2 N–H and O–H groups in total. The zero-order chi connectivity index (χ0) is 12.2. The lowest BCUT2D eigenvalue weighted by atomic mass is 10.1. The van der Waals surface area contributed by atoms with Crippen LogP contribution in [0.1, 0.15) is 20.8 Å². The molecule has 5 nitrogen and oxygen atoms in total. The van der Waals surface area contributed by atoms with Gasteiger partial charge in [-0.1, -0.05) is 0 Å². The summed E-state index contributed by atoms with van der Waals surface area (Å²) in [6, 6.07) is -0.561. The van der Waals surface area contributed by atoms with E-state index < -0.39 is 6.04 Å². The Morgan fingerprint density at radius 3 is 2.88 bits per heavy atom. The molecule has 0 spiro atoms. The normalized spacial score (nSPS) is 22.8. The first-order chi connectivity index (χ1) is 7.44. The largest absolute Gasteiger partial charge is 0.465 e. The van der Waals surface area contributed by atoms with Gasteiger partial charge in [0.25, 0.3) is 0 Å². The molecular formula is C11H22N2O3. The van der Waals surface area contributed by atoms with Crippen LogP contribution in [0.5, 0.6) is 0 Å². The molecule has 1 heterocycles. The van der Waals surface area contributed by atoms with Gasteiger partial charge in [-0.3, -0.25) is 9.69 Å². The standard InChI is InChI=1S/C11H22N2O3/c1-4-15-10(14)9(12)7-13-5-6-16-11(2,3)8-13/h9H,4-8,12H2,1-3H3. The van der Waals surface area contributed by atoms with E-state index in [9.17, 15) is 4.79 Å². The number of carbonyl (C=O) groups is 1. The third-order valence-corrected chi connectivity index (χ3v) is 2.55. The maximum absolute atomic E-state index is 11.4. The van der Waals surface area contributed by atoms with E-state index in [0.717, 1.165) is 13.1 Å². The smallest absolute Gasteiger partial charge is 0.324 e. The third kappa shape index (κ3) is 4.08. The number of carbonyl (C=O) groups excluding carboxylic acids is 1. The molecule has 0 amide bonds. The van der Waals surface area contributed by atoms with Crippen molar-refractivity contribution in [2.24, 2.45) is 5.73 Å². The van der Waals surface area contributed by atoms with Crippen LogP contribution in [-0.2, 0) is 14.3 Å². The van der Waals surface area contributed by atoms with E-state index in [1.54, 1.807) is 6.92 Å². The topological polar surface area (TPSA) is 64.8 Å². The molecule has 5 heteroatoms. The number of hydrogen-bond donors (Lipinski definition) is 1. The number of hydrogen-bond acceptors (Lipinski definition) is 5. The lowest BCUT2D eigenvalue weighted by Crippen LogP contribution is -2.53. The van der Waals surface area contributed by atoms with Gasteiger partial charge in [-0.05, 0) is 20.8 Å². The van der Waals surface area contributed by atoms with Crippen molar-refractivity contribution in [1.29, 1.82) is 0 Å². The average molecular weight is 230 g/mol. The fourth-order valence-corrected chi connectivity index (χ4v) is 1.87. The molecule has 0 aromatic heterocycles. The minimum absolute atomic E-state index is 0.160. The number of ether oxygens (including phenoxy) is 2. The zero-order valence-electron chi connectivity index (χ0n) is 10.4. The van der Waals surface area contributed by atoms with Gasteiger partial charge in [0.2, 0.25) is 0 Å². The van der Waals surface area contributed by atoms with Gasteiger partial charge in [0, 0.05) is 19.6 Å². The maximum atomic E-state index is 11.4. The predicted molar refractivity (Wildman–Crippen MR) is 61.1 cm³/mol. The van der Waals surface area contributed by atoms with Crippen LogP contribution in [0.25, 0.3) is 0 Å². The highest BCUT2D eigenvalue weighted by Crippen LogP contribution is 2.16. The number of nitrogens with two attached hydrogens (primary N) is 1. The summed E-state index contributed by atoms with van der Waals surface area (Å²) >= 11 is 0. The van der Waals surface area contributed by atoms with Crippen molar-refractivity contribution >= 4 is 5.97 Å². The van der Waals surface area contributed by atoms with Crippen LogP contribution in [0.4, 0.5) is 0 Å². The summed E-state index contributed by atoms with van der Waals surface area (Å²) in [5.41, 5.74) is 5.61. The lowest BCUT2D eigenvalue weighted by Gasteiger charge is -2.38. The van der Waals surface area contributed by atoms with Crippen LogP contribution < -0.4 is 5.73 Å². The highest BCUT2D eigenvalue weighted by molar-refractivity contribution is 5.75. The molecular weight excluding hydrogens is 208 g/mol. The number of rotatable bonds is 4. The Morgan fingerprint density at radius 2 is 2.31 bits per heavy atom. The first-order valence-corrected chi connectivity index (χ1v) is 5.73. The summed E-state index contributed by atoms with van der Waals surface area (Å²) in [4.78, 5) is 13.5. The first kappa shape index (κ1) is 13.4. The lowest BCUT2D eigenvalue weighted by molar-refractivity contribution is -0.146. The molecule has 0 aromatic carbocycles. The SMILES string of the molecule is CCOC(=O)C(N)CN1CCOC(C)(C)C1. The van der Waals surface area contributed by atoms with Crippen LogP contribution in [-0.4, -0.2) is 55.4 Å². The Balaban J connectivity index is 2.39. The monoisotopic (exact) mass is 230 g/mol. The fraction of sp³-hybridized carbons (Fsp3) is 0.909. The van der Waals surface area contributed by atoms with Gasteiger partial charge < -0.3 is 15.2 Å². The summed E-state index contributed by atoms with van der Waals surface area (Å²) in [5, 5.41) is 0. The van der Waals surface area contributed by atoms with Crippen molar-refractivity contribution in [3.63, 3.8) is 0 Å². The second-order valence-electron chi connectivity index (χ2n) is 4.70. The van der Waals surface area contributed by atoms with Crippen LogP contribution >= 0.6 is 0 Å². The van der Waals surface area contributed by atoms with Crippen LogP contribution in [0.3, 0.4) is 0 Å². The molecule has 1 aliphatic heterocycles. The second kappa shape index (κ2) is 5.61. The Labute approximate surface area is 96.9 Å². The van der Waals surface area contributed by atoms with Crippen LogP contribution in [0.2, 0.25) is 0 Å². The van der Waals surface area contributed by atoms with Crippen LogP contribution in [0, 0.1) is 0 Å². The van der Waals surface area contributed by atoms with Crippen LogP contribution in [0.15, 0.2) is 0 Å². The van der Waals surface area contributed by atoms with E-state index in [4.69, 9.17) is 15.2 Å². The molecule has 16 heavy (non-hydrogen) atoms. The van der Waals surface area contributed by atoms with Gasteiger partial charge in [0.05, 0.1) is 18.8 Å². The number of nitrogens with zero attached hydrogens (tertiary/aromatic N) is 1. The van der Waals surface area contributed by atoms with Crippen molar-refractivity contribution < 1.29 is 14.3 Å². The van der Waals surface area contributed by atoms with E-state index in [1.165, 1.54) is 0 Å². The molecule has 1 aliphatic rings. The molecule has 0 aromatic rings. The minimum atomic E-state index is -0.561. The summed E-state index contributed by atoms with van der Waals surface area (Å²) in [5.74, 6) is -0.327. The van der Waals surface area contributed by atoms with E-state index in [1.807, 2.05) is 13.8 Å². The first-order valence-electron chi connectivity index (χ1n) is 5.73. The predicted octanol–water partition coefficient (Wildman–Crippen LogP) is -0.0124. The quantitative estimate of drug-likeness (QED) is 0.688. The van der Waals surface area contributed by atoms with Gasteiger partial charge in [-0.15, -0.1) is 0 Å². The van der Waals surface area contributed by atoms with Crippen molar-refractivity contribution in [3.05, 3.63) is 0 Å². The summed E-state index contributed by atoms with van der Waals surface area (Å²) < 4.78 is 10.5. The van der Waals surface area contributed by atoms with E-state index in [2.05, 4.69) is 4.90 Å². The zero-order valence-corrected chi connectivity index (χ0v) is 10.4. The molecule has 1 saturated heterocycles. The van der Waals surface area contributed by atoms with Gasteiger partial charge in [0.1, 0.15) is 6.04 Å². The molecule has 0 radical (unpaired) electrons. The molecule has 1 unspecified atom stereocenters. The molecule has 1 atom stereocenters. The van der Waals surface area contributed by atoms with Crippen molar-refractivity contribution in [3.8, 4) is 0 Å². The van der Waals surface area contributed by atoms with E-state index in [0.29, 0.717) is 19.8 Å². The summed E-state index contributed by atoms with van der Waals surface area (Å²) in [7, 11) is 0. The minimum Gasteiger partial charge on any atom is -0.465 e. The Kier molecular flexibility index (Phi) is 4.70. The summed E-state index contributed by atoms with van der Waals surface area (Å²) in [6.45, 7) is 9.05. The van der Waals surface area contributed by atoms with Gasteiger partial charge >= 0.3 is 5.97 Å². The Bertz CT molecular complexity index is 243. The third-order valence-electron chi connectivity index (χ3n) is 2.55. The number of morpholine rings is 1. The van der Waals surface area contributed by atoms with Crippen molar-refractivity contribution in [1.82, 2.24) is 4.90 Å². The Hall–Kier alpha value is -0.650. The molecule has 0 aliphatic carbocycles. The van der Waals surface area contributed by atoms with Gasteiger partial charge in [-0.2, -0.15) is 0 Å². The fourth-order valence-electron chi connectivity index (χ4n) is 1.87. The van der Waals surface area contributed by atoms with Gasteiger partial charge in [-0.25, -0.2) is 0 Å². The van der Waals surface area contributed by atoms with Gasteiger partial charge in [0.15, 0.2) is 0 Å². The van der Waals surface area contributed by atoms with E-state index >= 15 is 0 Å². The molecule has 1 rings (SSSR count). The average Bonchev–Trinajstić information content (AvgIpc) is 2.16. The second-order valence-corrected chi connectivity index (χ2v) is 4.70. The highest BCUT2D eigenvalue weighted by Gasteiger charge is 2.29. The molecule has 94 valence electrons. The molecule has 0 saturated carbocycles. The molecule has 0 bridgehead atoms. The van der Waals surface area contributed by atoms with Crippen molar-refractivity contribution in [2.75, 3.05) is 32.8 Å². The summed E-state index contributed by atoms with van der Waals surface area (Å²) in [6.07, 6.45) is 0. The number of esters is 1. The van der Waals surface area contributed by atoms with Crippen molar-refractivity contribution in [2.45, 2.75) is 32.4 Å². The highest BCUT2D eigenvalue weighted by atomic mass is 16.5. The van der Waals surface area contributed by atoms with E-state index in [-0.39, 0.29) is 11.6 Å².